The summed E-state index contributed by atoms with van der Waals surface area (Å²) < 4.78 is 2.34. The molecule has 3 rings (SSSR count). The van der Waals surface area contributed by atoms with Gasteiger partial charge in [-0.05, 0) is 24.1 Å². The van der Waals surface area contributed by atoms with Crippen LogP contribution in [0.25, 0.3) is 11.0 Å². The van der Waals surface area contributed by atoms with Crippen molar-refractivity contribution >= 4 is 22.6 Å². The van der Waals surface area contributed by atoms with E-state index in [1.165, 1.54) is 16.9 Å². The van der Waals surface area contributed by atoms with Crippen LogP contribution < -0.4 is 4.57 Å². The van der Waals surface area contributed by atoms with Crippen LogP contribution in [0.1, 0.15) is 25.2 Å². The smallest absolute Gasteiger partial charge is 0.241 e. The topological polar surface area (TPSA) is 19.7 Å². The van der Waals surface area contributed by atoms with Crippen molar-refractivity contribution in [3.8, 4) is 0 Å². The van der Waals surface area contributed by atoms with Crippen LogP contribution in [0.5, 0.6) is 0 Å². The number of hydrogen-bond donors (Lipinski definition) is 1. The molecule has 21 heavy (non-hydrogen) atoms. The Labute approximate surface area is 130 Å². The highest BCUT2D eigenvalue weighted by atomic mass is 35.5. The molecule has 1 N–H and O–H groups in total. The molecule has 1 aromatic heterocycles. The Balaban J connectivity index is 2.09. The highest BCUT2D eigenvalue weighted by Gasteiger charge is 2.19. The molecule has 0 fully saturated rings. The van der Waals surface area contributed by atoms with Gasteiger partial charge in [0, 0.05) is 10.6 Å². The third-order valence-electron chi connectivity index (χ3n) is 3.69. The molecule has 3 aromatic rings. The molecule has 2 aromatic carbocycles. The molecule has 3 heteroatoms. The molecule has 0 bridgehead atoms. The summed E-state index contributed by atoms with van der Waals surface area (Å²) in [5, 5.41) is 0.825. The summed E-state index contributed by atoms with van der Waals surface area (Å²) in [4.78, 5) is 3.56. The largest absolute Gasteiger partial charge is 0.255 e. The number of nitrogens with zero attached hydrogens (tertiary/aromatic N) is 1. The zero-order valence-electron chi connectivity index (χ0n) is 12.4. The van der Waals surface area contributed by atoms with Crippen LogP contribution in [0.3, 0.4) is 0 Å². The van der Waals surface area contributed by atoms with Gasteiger partial charge < -0.3 is 0 Å². The molecule has 2 nitrogen and oxygen atoms in total. The molecule has 0 spiro atoms. The minimum atomic E-state index is 0.607. The number of aromatic nitrogens is 2. The maximum absolute atomic E-state index is 6.33. The monoisotopic (exact) mass is 299 g/mol. The number of nitrogens with one attached hydrogen (secondary N) is 1. The molecule has 0 saturated carbocycles. The van der Waals surface area contributed by atoms with E-state index < -0.39 is 0 Å². The molecule has 1 heterocycles. The van der Waals surface area contributed by atoms with E-state index >= 15 is 0 Å². The van der Waals surface area contributed by atoms with Crippen molar-refractivity contribution in [3.63, 3.8) is 0 Å². The maximum atomic E-state index is 6.33. The first-order chi connectivity index (χ1) is 10.1. The Kier molecular flexibility index (Phi) is 3.98. The summed E-state index contributed by atoms with van der Waals surface area (Å²) in [5.74, 6) is 1.86. The van der Waals surface area contributed by atoms with E-state index in [0.717, 1.165) is 23.6 Å². The second-order valence-corrected chi connectivity index (χ2v) is 6.27. The number of imidazole rings is 1. The van der Waals surface area contributed by atoms with E-state index in [9.17, 15) is 0 Å². The molecule has 0 aliphatic heterocycles. The lowest BCUT2D eigenvalue weighted by Gasteiger charge is -2.06. The normalized spacial score (nSPS) is 11.4. The summed E-state index contributed by atoms with van der Waals surface area (Å²) in [7, 11) is 0. The number of halogens is 1. The molecule has 0 aliphatic carbocycles. The van der Waals surface area contributed by atoms with Crippen molar-refractivity contribution in [2.75, 3.05) is 0 Å². The third kappa shape index (κ3) is 2.96. The maximum Gasteiger partial charge on any atom is 0.255 e. The first-order valence-corrected chi connectivity index (χ1v) is 7.76. The predicted molar refractivity (Wildman–Crippen MR) is 87.6 cm³/mol. The van der Waals surface area contributed by atoms with Crippen molar-refractivity contribution in [1.82, 2.24) is 4.98 Å². The molecule has 0 aliphatic rings. The Morgan fingerprint density at radius 3 is 2.52 bits per heavy atom. The fraction of sp³-hybridized carbons (Fsp3) is 0.278. The summed E-state index contributed by atoms with van der Waals surface area (Å²) in [5.41, 5.74) is 3.56. The van der Waals surface area contributed by atoms with E-state index in [1.54, 1.807) is 0 Å². The van der Waals surface area contributed by atoms with Gasteiger partial charge in [0.1, 0.15) is 6.54 Å². The third-order valence-corrected chi connectivity index (χ3v) is 4.06. The summed E-state index contributed by atoms with van der Waals surface area (Å²) in [6.45, 7) is 5.28. The fourth-order valence-corrected chi connectivity index (χ4v) is 2.90. The van der Waals surface area contributed by atoms with E-state index in [-0.39, 0.29) is 0 Å². The van der Waals surface area contributed by atoms with Gasteiger partial charge in [-0.3, -0.25) is 0 Å². The van der Waals surface area contributed by atoms with Gasteiger partial charge >= 0.3 is 0 Å². The predicted octanol–water partition coefficient (Wildman–Crippen LogP) is 4.36. The first kappa shape index (κ1) is 14.2. The molecule has 0 atom stereocenters. The summed E-state index contributed by atoms with van der Waals surface area (Å²) in [6.07, 6.45) is 1.03. The van der Waals surface area contributed by atoms with Crippen LogP contribution in [0.2, 0.25) is 5.02 Å². The summed E-state index contributed by atoms with van der Waals surface area (Å²) in [6, 6.07) is 16.5. The van der Waals surface area contributed by atoms with Crippen molar-refractivity contribution in [1.29, 1.82) is 0 Å². The quantitative estimate of drug-likeness (QED) is 0.691. The van der Waals surface area contributed by atoms with E-state index in [4.69, 9.17) is 11.6 Å². The number of H-pyrrole nitrogens is 1. The zero-order chi connectivity index (χ0) is 14.8. The molecular formula is C18H20ClN2+. The average Bonchev–Trinajstić information content (AvgIpc) is 2.78. The lowest BCUT2D eigenvalue weighted by atomic mass is 10.1. The fourth-order valence-electron chi connectivity index (χ4n) is 2.71. The lowest BCUT2D eigenvalue weighted by Crippen LogP contribution is -2.38. The number of hydrogen-bond acceptors (Lipinski definition) is 0. The Bertz CT molecular complexity index is 759. The summed E-state index contributed by atoms with van der Waals surface area (Å²) >= 11 is 6.33. The minimum Gasteiger partial charge on any atom is -0.241 e. The minimum absolute atomic E-state index is 0.607. The molecular weight excluding hydrogens is 280 g/mol. The van der Waals surface area contributed by atoms with Crippen molar-refractivity contribution in [2.45, 2.75) is 26.8 Å². The Morgan fingerprint density at radius 2 is 1.76 bits per heavy atom. The lowest BCUT2D eigenvalue weighted by molar-refractivity contribution is -0.670. The number of para-hydroxylation sites is 2. The van der Waals surface area contributed by atoms with E-state index in [1.807, 2.05) is 18.2 Å². The standard InChI is InChI=1S/C18H19ClN2/c1-13(2)11-18-20-16-9-5-6-10-17(16)21(18)12-14-7-3-4-8-15(14)19/h3-10,13H,11-12H2,1-2H3/p+1. The number of rotatable bonds is 4. The molecule has 0 unspecified atom stereocenters. The van der Waals surface area contributed by atoms with Crippen LogP contribution in [0.15, 0.2) is 48.5 Å². The Hall–Kier alpha value is -1.80. The van der Waals surface area contributed by atoms with Crippen LogP contribution in [-0.2, 0) is 13.0 Å². The van der Waals surface area contributed by atoms with Crippen LogP contribution in [-0.4, -0.2) is 4.98 Å². The van der Waals surface area contributed by atoms with Gasteiger partial charge in [-0.15, -0.1) is 0 Å². The number of benzene rings is 2. The van der Waals surface area contributed by atoms with E-state index in [2.05, 4.69) is 53.7 Å². The second-order valence-electron chi connectivity index (χ2n) is 5.86. The molecule has 0 saturated heterocycles. The number of fused-ring (bicyclic) bond motifs is 1. The number of aromatic amines is 1. The highest BCUT2D eigenvalue weighted by molar-refractivity contribution is 6.31. The van der Waals surface area contributed by atoms with Crippen LogP contribution in [0.4, 0.5) is 0 Å². The SMILES string of the molecule is CC(C)Cc1[nH]c2ccccc2[n+]1Cc1ccccc1Cl. The van der Waals surface area contributed by atoms with Gasteiger partial charge in [-0.2, -0.15) is 0 Å². The molecule has 0 radical (unpaired) electrons. The van der Waals surface area contributed by atoms with Gasteiger partial charge in [0.15, 0.2) is 11.0 Å². The van der Waals surface area contributed by atoms with Crippen molar-refractivity contribution in [2.24, 2.45) is 5.92 Å². The van der Waals surface area contributed by atoms with Gasteiger partial charge in [0.2, 0.25) is 0 Å². The van der Waals surface area contributed by atoms with Gasteiger partial charge in [-0.1, -0.05) is 55.8 Å². The van der Waals surface area contributed by atoms with Crippen LogP contribution in [0, 0.1) is 5.92 Å². The molecule has 0 amide bonds. The highest BCUT2D eigenvalue weighted by Crippen LogP contribution is 2.17. The van der Waals surface area contributed by atoms with Crippen LogP contribution >= 0.6 is 11.6 Å². The molecule has 108 valence electrons. The van der Waals surface area contributed by atoms with Crippen molar-refractivity contribution in [3.05, 3.63) is 64.9 Å². The van der Waals surface area contributed by atoms with Gasteiger partial charge in [0.05, 0.1) is 6.42 Å². The second kappa shape index (κ2) is 5.90. The van der Waals surface area contributed by atoms with E-state index in [0.29, 0.717) is 5.92 Å². The average molecular weight is 300 g/mol. The van der Waals surface area contributed by atoms with Gasteiger partial charge in [0.25, 0.3) is 5.82 Å². The van der Waals surface area contributed by atoms with Crippen molar-refractivity contribution < 1.29 is 4.57 Å². The zero-order valence-corrected chi connectivity index (χ0v) is 13.2. The van der Waals surface area contributed by atoms with Gasteiger partial charge in [-0.25, -0.2) is 9.55 Å². The Morgan fingerprint density at radius 1 is 1.05 bits per heavy atom. The first-order valence-electron chi connectivity index (χ1n) is 7.38.